The molecule has 3 nitrogen and oxygen atoms in total. The Bertz CT molecular complexity index is 1240. The van der Waals surface area contributed by atoms with E-state index in [4.69, 9.17) is 21.1 Å². The lowest BCUT2D eigenvalue weighted by molar-refractivity contribution is -0.131. The summed E-state index contributed by atoms with van der Waals surface area (Å²) in [7, 11) is 0. The first-order valence-electron chi connectivity index (χ1n) is 10.0. The Morgan fingerprint density at radius 2 is 1.48 bits per heavy atom. The molecule has 0 aromatic heterocycles. The summed E-state index contributed by atoms with van der Waals surface area (Å²) >= 11 is 5.72. The lowest BCUT2D eigenvalue weighted by atomic mass is 9.83. The van der Waals surface area contributed by atoms with Gasteiger partial charge in [-0.25, -0.2) is 0 Å². The molecule has 4 heteroatoms. The van der Waals surface area contributed by atoms with Crippen LogP contribution in [0, 0.1) is 0 Å². The predicted octanol–water partition coefficient (Wildman–Crippen LogP) is 6.33. The summed E-state index contributed by atoms with van der Waals surface area (Å²) in [6.45, 7) is 0. The molecular weight excluding hydrogens is 408 g/mol. The maximum absolute atomic E-state index is 12.1. The molecule has 152 valence electrons. The Morgan fingerprint density at radius 1 is 0.871 bits per heavy atom. The largest absolute Gasteiger partial charge is 0.469 e. The number of rotatable bonds is 4. The van der Waals surface area contributed by atoms with Crippen LogP contribution in [0.15, 0.2) is 97.1 Å². The highest BCUT2D eigenvalue weighted by Crippen LogP contribution is 2.48. The standard InChI is InChI=1S/C27H19ClO3/c28-18-25(29)30-24-17-19-9-7-8-14-22(19)23-15-16-27(31-26(23)24,20-10-3-1-4-11-20)21-12-5-2-6-13-21/h1-17H,18H2. The third kappa shape index (κ3) is 3.37. The second kappa shape index (κ2) is 7.93. The van der Waals surface area contributed by atoms with Crippen molar-refractivity contribution in [1.29, 1.82) is 0 Å². The molecule has 1 heterocycles. The highest BCUT2D eigenvalue weighted by molar-refractivity contribution is 6.26. The lowest BCUT2D eigenvalue weighted by Crippen LogP contribution is -2.34. The third-order valence-electron chi connectivity index (χ3n) is 5.49. The number of esters is 1. The number of halogens is 1. The molecule has 0 saturated carbocycles. The van der Waals surface area contributed by atoms with Crippen LogP contribution in [0.1, 0.15) is 16.7 Å². The summed E-state index contributed by atoms with van der Waals surface area (Å²) in [5.74, 6) is 0.120. The van der Waals surface area contributed by atoms with E-state index < -0.39 is 11.6 Å². The zero-order chi connectivity index (χ0) is 21.3. The highest BCUT2D eigenvalue weighted by atomic mass is 35.5. The second-order valence-electron chi connectivity index (χ2n) is 7.35. The summed E-state index contributed by atoms with van der Waals surface area (Å²) in [6.07, 6.45) is 4.12. The summed E-state index contributed by atoms with van der Waals surface area (Å²) in [5, 5.41) is 1.98. The minimum Gasteiger partial charge on any atom is -0.469 e. The number of carbonyl (C=O) groups excluding carboxylic acids is 1. The lowest BCUT2D eigenvalue weighted by Gasteiger charge is -2.37. The molecule has 0 fully saturated rings. The van der Waals surface area contributed by atoms with Crippen LogP contribution in [0.3, 0.4) is 0 Å². The predicted molar refractivity (Wildman–Crippen MR) is 124 cm³/mol. The van der Waals surface area contributed by atoms with Crippen LogP contribution in [-0.4, -0.2) is 11.8 Å². The highest BCUT2D eigenvalue weighted by Gasteiger charge is 2.38. The average Bonchev–Trinajstić information content (AvgIpc) is 2.85. The van der Waals surface area contributed by atoms with E-state index in [0.29, 0.717) is 11.5 Å². The van der Waals surface area contributed by atoms with Gasteiger partial charge in [0.15, 0.2) is 17.1 Å². The maximum Gasteiger partial charge on any atom is 0.326 e. The van der Waals surface area contributed by atoms with Crippen LogP contribution >= 0.6 is 11.6 Å². The number of benzene rings is 4. The van der Waals surface area contributed by atoms with Gasteiger partial charge in [0.2, 0.25) is 0 Å². The molecule has 0 aliphatic carbocycles. The van der Waals surface area contributed by atoms with E-state index in [2.05, 4.69) is 12.2 Å². The Kier molecular flexibility index (Phi) is 4.97. The third-order valence-corrected chi connectivity index (χ3v) is 5.71. The van der Waals surface area contributed by atoms with Crippen molar-refractivity contribution >= 4 is 34.4 Å². The Morgan fingerprint density at radius 3 is 2.13 bits per heavy atom. The molecule has 4 aromatic rings. The smallest absolute Gasteiger partial charge is 0.326 e. The van der Waals surface area contributed by atoms with Crippen LogP contribution in [0.4, 0.5) is 0 Å². The van der Waals surface area contributed by atoms with E-state index in [1.165, 1.54) is 0 Å². The molecule has 0 N–H and O–H groups in total. The summed E-state index contributed by atoms with van der Waals surface area (Å²) in [4.78, 5) is 12.1. The number of alkyl halides is 1. The molecule has 0 amide bonds. The minimum atomic E-state index is -0.861. The van der Waals surface area contributed by atoms with Crippen LogP contribution < -0.4 is 9.47 Å². The second-order valence-corrected chi connectivity index (χ2v) is 7.62. The van der Waals surface area contributed by atoms with Crippen molar-refractivity contribution in [1.82, 2.24) is 0 Å². The van der Waals surface area contributed by atoms with Gasteiger partial charge < -0.3 is 9.47 Å². The van der Waals surface area contributed by atoms with E-state index in [1.54, 1.807) is 0 Å². The summed E-state index contributed by atoms with van der Waals surface area (Å²) in [6, 6.07) is 29.8. The first kappa shape index (κ1) is 19.4. The molecule has 5 rings (SSSR count). The number of fused-ring (bicyclic) bond motifs is 3. The zero-order valence-electron chi connectivity index (χ0n) is 16.6. The minimum absolute atomic E-state index is 0.236. The van der Waals surface area contributed by atoms with Crippen molar-refractivity contribution in [3.63, 3.8) is 0 Å². The van der Waals surface area contributed by atoms with Crippen molar-refractivity contribution in [3.05, 3.63) is 114 Å². The van der Waals surface area contributed by atoms with Crippen LogP contribution in [0.25, 0.3) is 16.8 Å². The normalized spacial score (nSPS) is 14.0. The fraction of sp³-hybridized carbons (Fsp3) is 0.0741. The first-order valence-corrected chi connectivity index (χ1v) is 10.6. The van der Waals surface area contributed by atoms with Gasteiger partial charge in [-0.1, -0.05) is 84.9 Å². The molecule has 0 unspecified atom stereocenters. The number of ether oxygens (including phenoxy) is 2. The Hall–Kier alpha value is -3.56. The van der Waals surface area contributed by atoms with E-state index in [1.807, 2.05) is 91.0 Å². The fourth-order valence-corrected chi connectivity index (χ4v) is 4.13. The van der Waals surface area contributed by atoms with Gasteiger partial charge in [0.1, 0.15) is 5.88 Å². The van der Waals surface area contributed by atoms with Gasteiger partial charge in [-0.05, 0) is 29.0 Å². The molecule has 0 saturated heterocycles. The summed E-state index contributed by atoms with van der Waals surface area (Å²) in [5.41, 5.74) is 1.97. The molecule has 0 bridgehead atoms. The molecule has 1 aliphatic rings. The molecule has 31 heavy (non-hydrogen) atoms. The molecule has 0 atom stereocenters. The van der Waals surface area contributed by atoms with Gasteiger partial charge >= 0.3 is 5.97 Å². The van der Waals surface area contributed by atoms with Gasteiger partial charge in [0.25, 0.3) is 0 Å². The van der Waals surface area contributed by atoms with Gasteiger partial charge in [0.05, 0.1) is 0 Å². The fourth-order valence-electron chi connectivity index (χ4n) is 4.07. The molecule has 0 radical (unpaired) electrons. The van der Waals surface area contributed by atoms with Crippen molar-refractivity contribution in [2.75, 3.05) is 5.88 Å². The quantitative estimate of drug-likeness (QED) is 0.217. The first-order chi connectivity index (χ1) is 15.2. The van der Waals surface area contributed by atoms with E-state index in [-0.39, 0.29) is 5.88 Å². The van der Waals surface area contributed by atoms with Crippen LogP contribution in [-0.2, 0) is 10.4 Å². The maximum atomic E-state index is 12.1. The van der Waals surface area contributed by atoms with E-state index >= 15 is 0 Å². The molecular formula is C27H19ClO3. The van der Waals surface area contributed by atoms with Crippen molar-refractivity contribution < 1.29 is 14.3 Å². The van der Waals surface area contributed by atoms with Gasteiger partial charge in [-0.3, -0.25) is 4.79 Å². The number of hydrogen-bond acceptors (Lipinski definition) is 3. The van der Waals surface area contributed by atoms with Gasteiger partial charge in [-0.2, -0.15) is 0 Å². The van der Waals surface area contributed by atoms with Crippen molar-refractivity contribution in [3.8, 4) is 11.5 Å². The zero-order valence-corrected chi connectivity index (χ0v) is 17.4. The van der Waals surface area contributed by atoms with Gasteiger partial charge in [-0.15, -0.1) is 11.6 Å². The topological polar surface area (TPSA) is 35.5 Å². The van der Waals surface area contributed by atoms with Crippen LogP contribution in [0.5, 0.6) is 11.5 Å². The van der Waals surface area contributed by atoms with Gasteiger partial charge in [0, 0.05) is 16.7 Å². The van der Waals surface area contributed by atoms with Crippen molar-refractivity contribution in [2.24, 2.45) is 0 Å². The number of carbonyl (C=O) groups is 1. The molecule has 1 aliphatic heterocycles. The van der Waals surface area contributed by atoms with E-state index in [0.717, 1.165) is 27.5 Å². The van der Waals surface area contributed by atoms with Crippen LogP contribution in [0.2, 0.25) is 0 Å². The molecule has 4 aromatic carbocycles. The van der Waals surface area contributed by atoms with Crippen molar-refractivity contribution in [2.45, 2.75) is 5.60 Å². The Labute approximate surface area is 185 Å². The summed E-state index contributed by atoms with van der Waals surface area (Å²) < 4.78 is 12.4. The molecule has 0 spiro atoms. The van der Waals surface area contributed by atoms with E-state index in [9.17, 15) is 4.79 Å². The average molecular weight is 427 g/mol. The SMILES string of the molecule is O=C(CCl)Oc1cc2ccccc2c2c1OC(c1ccccc1)(c1ccccc1)C=C2. The monoisotopic (exact) mass is 426 g/mol. The number of hydrogen-bond donors (Lipinski definition) is 0. The Balaban J connectivity index is 1.77.